The van der Waals surface area contributed by atoms with Crippen LogP contribution in [0.3, 0.4) is 0 Å². The van der Waals surface area contributed by atoms with Crippen molar-refractivity contribution in [3.8, 4) is 0 Å². The Morgan fingerprint density at radius 3 is 1.81 bits per heavy atom. The molecule has 26 heavy (non-hydrogen) atoms. The van der Waals surface area contributed by atoms with E-state index in [0.29, 0.717) is 23.2 Å². The number of aryl methyl sites for hydroxylation is 1. The molecule has 0 atom stereocenters. The molecule has 1 aromatic heterocycles. The van der Waals surface area contributed by atoms with E-state index in [-0.39, 0.29) is 0 Å². The van der Waals surface area contributed by atoms with Crippen LogP contribution in [0.25, 0.3) is 0 Å². The van der Waals surface area contributed by atoms with Gasteiger partial charge in [0, 0.05) is 11.4 Å². The fraction of sp³-hybridized carbons (Fsp3) is 0.238. The molecule has 1 heterocycles. The highest BCUT2D eigenvalue weighted by Gasteiger charge is 2.09. The van der Waals surface area contributed by atoms with Gasteiger partial charge in [0.15, 0.2) is 11.6 Å². The molecule has 0 aliphatic rings. The molecule has 5 nitrogen and oxygen atoms in total. The number of hydrogen-bond donors (Lipinski definition) is 3. The summed E-state index contributed by atoms with van der Waals surface area (Å²) in [7, 11) is 0. The summed E-state index contributed by atoms with van der Waals surface area (Å²) in [6.45, 7) is 6.49. The van der Waals surface area contributed by atoms with Gasteiger partial charge in [-0.25, -0.2) is 9.97 Å². The summed E-state index contributed by atoms with van der Waals surface area (Å²) in [5, 5.41) is 6.52. The lowest BCUT2D eigenvalue weighted by molar-refractivity contribution is 0.867. The smallest absolute Gasteiger partial charge is 0.159 e. The summed E-state index contributed by atoms with van der Waals surface area (Å²) in [6.07, 6.45) is 2.52. The zero-order valence-corrected chi connectivity index (χ0v) is 15.5. The second-order valence-electron chi connectivity index (χ2n) is 6.56. The maximum absolute atomic E-state index is 6.26. The van der Waals surface area contributed by atoms with E-state index in [9.17, 15) is 0 Å². The molecule has 0 saturated carbocycles. The monoisotopic (exact) mass is 347 g/mol. The van der Waals surface area contributed by atoms with Crippen molar-refractivity contribution in [1.82, 2.24) is 9.97 Å². The molecular formula is C21H25N5. The van der Waals surface area contributed by atoms with E-state index in [4.69, 9.17) is 5.73 Å². The third kappa shape index (κ3) is 4.11. The first-order chi connectivity index (χ1) is 12.6. The summed E-state index contributed by atoms with van der Waals surface area (Å²) in [4.78, 5) is 8.54. The number of rotatable bonds is 6. The summed E-state index contributed by atoms with van der Waals surface area (Å²) < 4.78 is 0. The molecule has 0 fully saturated rings. The number of aromatic nitrogens is 2. The molecule has 3 aromatic rings. The second kappa shape index (κ2) is 7.87. The SMILES string of the molecule is CCc1ccc(Nc2ncnc(Nc3ccc(C(C)C)cc3)c2N)cc1. The van der Waals surface area contributed by atoms with Crippen LogP contribution in [0.15, 0.2) is 54.9 Å². The van der Waals surface area contributed by atoms with Gasteiger partial charge in [-0.2, -0.15) is 0 Å². The van der Waals surface area contributed by atoms with Crippen LogP contribution >= 0.6 is 0 Å². The molecule has 0 spiro atoms. The van der Waals surface area contributed by atoms with Gasteiger partial charge in [0.1, 0.15) is 12.0 Å². The molecule has 4 N–H and O–H groups in total. The average molecular weight is 347 g/mol. The minimum Gasteiger partial charge on any atom is -0.393 e. The van der Waals surface area contributed by atoms with Crippen LogP contribution in [0.4, 0.5) is 28.7 Å². The Morgan fingerprint density at radius 1 is 0.846 bits per heavy atom. The normalized spacial score (nSPS) is 10.8. The molecule has 2 aromatic carbocycles. The van der Waals surface area contributed by atoms with E-state index in [0.717, 1.165) is 17.8 Å². The summed E-state index contributed by atoms with van der Waals surface area (Å²) in [5.74, 6) is 1.68. The fourth-order valence-electron chi connectivity index (χ4n) is 2.64. The molecule has 0 bridgehead atoms. The third-order valence-corrected chi connectivity index (χ3v) is 4.35. The Balaban J connectivity index is 1.77. The topological polar surface area (TPSA) is 75.9 Å². The lowest BCUT2D eigenvalue weighted by Crippen LogP contribution is -2.05. The van der Waals surface area contributed by atoms with Gasteiger partial charge in [0.2, 0.25) is 0 Å². The Hall–Kier alpha value is -3.08. The first-order valence-electron chi connectivity index (χ1n) is 8.90. The predicted molar refractivity (Wildman–Crippen MR) is 109 cm³/mol. The molecule has 0 saturated heterocycles. The van der Waals surface area contributed by atoms with Crippen molar-refractivity contribution in [2.24, 2.45) is 0 Å². The van der Waals surface area contributed by atoms with Gasteiger partial charge >= 0.3 is 0 Å². The maximum Gasteiger partial charge on any atom is 0.159 e. The zero-order chi connectivity index (χ0) is 18.5. The Bertz CT molecular complexity index is 855. The molecule has 5 heteroatoms. The molecule has 3 rings (SSSR count). The van der Waals surface area contributed by atoms with Gasteiger partial charge in [-0.3, -0.25) is 0 Å². The number of nitrogens with one attached hydrogen (secondary N) is 2. The van der Waals surface area contributed by atoms with Gasteiger partial charge in [-0.1, -0.05) is 45.0 Å². The third-order valence-electron chi connectivity index (χ3n) is 4.35. The van der Waals surface area contributed by atoms with Crippen LogP contribution in [0, 0.1) is 0 Å². The highest BCUT2D eigenvalue weighted by atomic mass is 15.1. The van der Waals surface area contributed by atoms with E-state index < -0.39 is 0 Å². The zero-order valence-electron chi connectivity index (χ0n) is 15.5. The maximum atomic E-state index is 6.26. The van der Waals surface area contributed by atoms with Gasteiger partial charge in [0.25, 0.3) is 0 Å². The van der Waals surface area contributed by atoms with Crippen LogP contribution in [0.2, 0.25) is 0 Å². The highest BCUT2D eigenvalue weighted by molar-refractivity contribution is 5.80. The van der Waals surface area contributed by atoms with Crippen molar-refractivity contribution in [2.45, 2.75) is 33.1 Å². The molecule has 0 aliphatic carbocycles. The van der Waals surface area contributed by atoms with Crippen LogP contribution in [-0.2, 0) is 6.42 Å². The fourth-order valence-corrected chi connectivity index (χ4v) is 2.64. The average Bonchev–Trinajstić information content (AvgIpc) is 2.66. The van der Waals surface area contributed by atoms with E-state index in [2.05, 4.69) is 65.6 Å². The lowest BCUT2D eigenvalue weighted by atomic mass is 10.0. The number of nitrogens with zero attached hydrogens (tertiary/aromatic N) is 2. The minimum atomic E-state index is 0.486. The van der Waals surface area contributed by atoms with Crippen molar-refractivity contribution >= 4 is 28.7 Å². The van der Waals surface area contributed by atoms with Gasteiger partial charge in [0.05, 0.1) is 0 Å². The Morgan fingerprint density at radius 2 is 1.35 bits per heavy atom. The van der Waals surface area contributed by atoms with Crippen molar-refractivity contribution in [3.05, 3.63) is 66.0 Å². The minimum absolute atomic E-state index is 0.486. The van der Waals surface area contributed by atoms with Crippen molar-refractivity contribution < 1.29 is 0 Å². The molecule has 0 amide bonds. The largest absolute Gasteiger partial charge is 0.393 e. The van der Waals surface area contributed by atoms with E-state index in [1.165, 1.54) is 17.5 Å². The Kier molecular flexibility index (Phi) is 5.37. The van der Waals surface area contributed by atoms with E-state index >= 15 is 0 Å². The molecule has 0 unspecified atom stereocenters. The summed E-state index contributed by atoms with van der Waals surface area (Å²) >= 11 is 0. The van der Waals surface area contributed by atoms with E-state index in [1.807, 2.05) is 24.3 Å². The summed E-state index contributed by atoms with van der Waals surface area (Å²) in [6, 6.07) is 16.5. The summed E-state index contributed by atoms with van der Waals surface area (Å²) in [5.41, 5.74) is 11.2. The van der Waals surface area contributed by atoms with Gasteiger partial charge < -0.3 is 16.4 Å². The number of nitrogens with two attached hydrogens (primary N) is 1. The number of anilines is 5. The van der Waals surface area contributed by atoms with Crippen molar-refractivity contribution in [2.75, 3.05) is 16.4 Å². The highest BCUT2D eigenvalue weighted by Crippen LogP contribution is 2.28. The van der Waals surface area contributed by atoms with Crippen LogP contribution in [0.5, 0.6) is 0 Å². The number of benzene rings is 2. The lowest BCUT2D eigenvalue weighted by Gasteiger charge is -2.13. The molecular weight excluding hydrogens is 322 g/mol. The van der Waals surface area contributed by atoms with Crippen LogP contribution in [0.1, 0.15) is 37.8 Å². The molecule has 0 aliphatic heterocycles. The van der Waals surface area contributed by atoms with E-state index in [1.54, 1.807) is 0 Å². The Labute approximate surface area is 154 Å². The molecule has 0 radical (unpaired) electrons. The predicted octanol–water partition coefficient (Wildman–Crippen LogP) is 5.23. The van der Waals surface area contributed by atoms with Crippen LogP contribution < -0.4 is 16.4 Å². The second-order valence-corrected chi connectivity index (χ2v) is 6.56. The van der Waals surface area contributed by atoms with Gasteiger partial charge in [-0.05, 0) is 47.7 Å². The first-order valence-corrected chi connectivity index (χ1v) is 8.90. The van der Waals surface area contributed by atoms with Crippen molar-refractivity contribution in [3.63, 3.8) is 0 Å². The van der Waals surface area contributed by atoms with Gasteiger partial charge in [-0.15, -0.1) is 0 Å². The number of nitrogen functional groups attached to an aromatic ring is 1. The quantitative estimate of drug-likeness (QED) is 0.569. The molecule has 134 valence electrons. The van der Waals surface area contributed by atoms with Crippen LogP contribution in [-0.4, -0.2) is 9.97 Å². The number of hydrogen-bond acceptors (Lipinski definition) is 5. The standard InChI is InChI=1S/C21H25N5/c1-4-15-5-9-17(10-6-15)25-20-19(22)21(24-13-23-20)26-18-11-7-16(8-12-18)14(2)3/h5-14H,4,22H2,1-3H3,(H2,23,24,25,26). The first kappa shape index (κ1) is 17.7. The van der Waals surface area contributed by atoms with Crippen molar-refractivity contribution in [1.29, 1.82) is 0 Å².